The number of para-hydroxylation sites is 3. The lowest BCUT2D eigenvalue weighted by Gasteiger charge is -2.12. The van der Waals surface area contributed by atoms with Crippen LogP contribution in [0, 0.1) is 6.92 Å². The first kappa shape index (κ1) is 19.3. The van der Waals surface area contributed by atoms with Crippen LogP contribution in [0.2, 0.25) is 5.02 Å². The van der Waals surface area contributed by atoms with Crippen molar-refractivity contribution in [2.24, 2.45) is 0 Å². The minimum Gasteiger partial charge on any atom is -0.494 e. The molecule has 0 bridgehead atoms. The van der Waals surface area contributed by atoms with Crippen molar-refractivity contribution < 1.29 is 9.47 Å². The zero-order valence-electron chi connectivity index (χ0n) is 16.3. The Morgan fingerprint density at radius 3 is 2.48 bits per heavy atom. The molecule has 4 rings (SSSR count). The molecule has 3 aromatic carbocycles. The van der Waals surface area contributed by atoms with Gasteiger partial charge in [0.05, 0.1) is 22.7 Å². The van der Waals surface area contributed by atoms with Crippen molar-refractivity contribution in [2.45, 2.75) is 26.5 Å². The molecular weight excluding hydrogens is 384 g/mol. The van der Waals surface area contributed by atoms with Gasteiger partial charge in [-0.05, 0) is 49.7 Å². The van der Waals surface area contributed by atoms with Crippen LogP contribution in [0.25, 0.3) is 11.0 Å². The van der Waals surface area contributed by atoms with E-state index in [0.29, 0.717) is 24.0 Å². The molecule has 0 aliphatic heterocycles. The van der Waals surface area contributed by atoms with Crippen molar-refractivity contribution >= 4 is 22.6 Å². The number of ether oxygens (including phenoxy) is 2. The SMILES string of the molecule is Cc1ccc(OCCCn2c(COc3ccccc3Cl)nc3ccccc32)cc1. The van der Waals surface area contributed by atoms with E-state index < -0.39 is 0 Å². The first-order valence-corrected chi connectivity index (χ1v) is 10.1. The summed E-state index contributed by atoms with van der Waals surface area (Å²) in [5.41, 5.74) is 3.29. The second-order valence-corrected chi connectivity index (χ2v) is 7.31. The fourth-order valence-electron chi connectivity index (χ4n) is 3.24. The molecular formula is C24H23ClN2O2. The molecule has 0 aliphatic carbocycles. The Labute approximate surface area is 175 Å². The van der Waals surface area contributed by atoms with Crippen molar-refractivity contribution in [3.05, 3.63) is 89.2 Å². The molecule has 4 aromatic rings. The molecule has 148 valence electrons. The molecule has 0 atom stereocenters. The highest BCUT2D eigenvalue weighted by molar-refractivity contribution is 6.32. The second kappa shape index (κ2) is 9.01. The average Bonchev–Trinajstić information content (AvgIpc) is 3.09. The lowest BCUT2D eigenvalue weighted by Crippen LogP contribution is -2.10. The molecule has 0 saturated carbocycles. The normalized spacial score (nSPS) is 11.0. The summed E-state index contributed by atoms with van der Waals surface area (Å²) >= 11 is 6.21. The highest BCUT2D eigenvalue weighted by atomic mass is 35.5. The number of halogens is 1. The van der Waals surface area contributed by atoms with Crippen molar-refractivity contribution in [1.82, 2.24) is 9.55 Å². The number of nitrogens with zero attached hydrogens (tertiary/aromatic N) is 2. The van der Waals surface area contributed by atoms with Crippen molar-refractivity contribution in [2.75, 3.05) is 6.61 Å². The lowest BCUT2D eigenvalue weighted by molar-refractivity contribution is 0.280. The summed E-state index contributed by atoms with van der Waals surface area (Å²) in [6.45, 7) is 3.87. The van der Waals surface area contributed by atoms with Gasteiger partial charge >= 0.3 is 0 Å². The van der Waals surface area contributed by atoms with Crippen molar-refractivity contribution in [3.63, 3.8) is 0 Å². The standard InChI is InChI=1S/C24H23ClN2O2/c1-18-11-13-19(14-12-18)28-16-6-15-27-22-9-4-3-8-21(22)26-24(27)17-29-23-10-5-2-7-20(23)25/h2-5,7-14H,6,15-17H2,1H3. The largest absolute Gasteiger partial charge is 0.494 e. The molecule has 0 spiro atoms. The maximum Gasteiger partial charge on any atom is 0.148 e. The third-order valence-corrected chi connectivity index (χ3v) is 5.06. The topological polar surface area (TPSA) is 36.3 Å². The summed E-state index contributed by atoms with van der Waals surface area (Å²) in [6.07, 6.45) is 0.868. The predicted molar refractivity (Wildman–Crippen MR) is 117 cm³/mol. The van der Waals surface area contributed by atoms with Crippen LogP contribution in [0.1, 0.15) is 17.8 Å². The Morgan fingerprint density at radius 1 is 0.897 bits per heavy atom. The molecule has 0 aliphatic rings. The molecule has 4 nitrogen and oxygen atoms in total. The molecule has 1 heterocycles. The van der Waals surface area contributed by atoms with E-state index >= 15 is 0 Å². The van der Waals surface area contributed by atoms with Gasteiger partial charge < -0.3 is 14.0 Å². The number of rotatable bonds is 8. The van der Waals surface area contributed by atoms with Crippen molar-refractivity contribution in [1.29, 1.82) is 0 Å². The van der Waals surface area contributed by atoms with Gasteiger partial charge in [-0.15, -0.1) is 0 Å². The van der Waals surface area contributed by atoms with E-state index in [4.69, 9.17) is 26.1 Å². The van der Waals surface area contributed by atoms with E-state index in [2.05, 4.69) is 29.7 Å². The molecule has 0 N–H and O–H groups in total. The summed E-state index contributed by atoms with van der Waals surface area (Å²) in [5.74, 6) is 2.44. The van der Waals surface area contributed by atoms with Crippen molar-refractivity contribution in [3.8, 4) is 11.5 Å². The van der Waals surface area contributed by atoms with Gasteiger partial charge in [0.2, 0.25) is 0 Å². The molecule has 1 aromatic heterocycles. The van der Waals surface area contributed by atoms with Crippen LogP contribution < -0.4 is 9.47 Å². The molecule has 5 heteroatoms. The fourth-order valence-corrected chi connectivity index (χ4v) is 3.43. The summed E-state index contributed by atoms with van der Waals surface area (Å²) in [5, 5.41) is 0.599. The maximum absolute atomic E-state index is 6.21. The molecule has 0 fully saturated rings. The van der Waals surface area contributed by atoms with E-state index in [0.717, 1.165) is 35.6 Å². The van der Waals surface area contributed by atoms with Crippen LogP contribution in [0.3, 0.4) is 0 Å². The van der Waals surface area contributed by atoms with Gasteiger partial charge in [-0.3, -0.25) is 0 Å². The maximum atomic E-state index is 6.21. The number of hydrogen-bond acceptors (Lipinski definition) is 3. The fraction of sp³-hybridized carbons (Fsp3) is 0.208. The van der Waals surface area contributed by atoms with E-state index in [9.17, 15) is 0 Å². The van der Waals surface area contributed by atoms with Crippen LogP contribution in [0.5, 0.6) is 11.5 Å². The van der Waals surface area contributed by atoms with Gasteiger partial charge in [-0.1, -0.05) is 53.6 Å². The van der Waals surface area contributed by atoms with E-state index in [1.807, 2.05) is 54.6 Å². The molecule has 0 amide bonds. The van der Waals surface area contributed by atoms with Gasteiger partial charge in [-0.25, -0.2) is 4.98 Å². The zero-order chi connectivity index (χ0) is 20.1. The summed E-state index contributed by atoms with van der Waals surface area (Å²) in [7, 11) is 0. The Hall–Kier alpha value is -2.98. The Morgan fingerprint density at radius 2 is 1.66 bits per heavy atom. The van der Waals surface area contributed by atoms with Crippen LogP contribution in [-0.4, -0.2) is 16.2 Å². The minimum absolute atomic E-state index is 0.358. The molecule has 0 radical (unpaired) electrons. The van der Waals surface area contributed by atoms with E-state index in [-0.39, 0.29) is 0 Å². The smallest absolute Gasteiger partial charge is 0.148 e. The van der Waals surface area contributed by atoms with Gasteiger partial charge in [0.15, 0.2) is 0 Å². The molecule has 29 heavy (non-hydrogen) atoms. The monoisotopic (exact) mass is 406 g/mol. The third kappa shape index (κ3) is 4.72. The number of fused-ring (bicyclic) bond motifs is 1. The Bertz CT molecular complexity index is 1090. The zero-order valence-corrected chi connectivity index (χ0v) is 17.1. The highest BCUT2D eigenvalue weighted by Gasteiger charge is 2.12. The summed E-state index contributed by atoms with van der Waals surface area (Å²) in [6, 6.07) is 23.7. The number of imidazole rings is 1. The van der Waals surface area contributed by atoms with E-state index in [1.165, 1.54) is 5.56 Å². The van der Waals surface area contributed by atoms with Gasteiger partial charge in [-0.2, -0.15) is 0 Å². The third-order valence-electron chi connectivity index (χ3n) is 4.74. The van der Waals surface area contributed by atoms with Gasteiger partial charge in [0.1, 0.15) is 23.9 Å². The van der Waals surface area contributed by atoms with Crippen LogP contribution in [-0.2, 0) is 13.2 Å². The first-order valence-electron chi connectivity index (χ1n) is 9.71. The highest BCUT2D eigenvalue weighted by Crippen LogP contribution is 2.25. The number of aromatic nitrogens is 2. The first-order chi connectivity index (χ1) is 14.2. The predicted octanol–water partition coefficient (Wildman–Crippen LogP) is 6.05. The van der Waals surface area contributed by atoms with Crippen LogP contribution >= 0.6 is 11.6 Å². The number of benzene rings is 3. The molecule has 0 unspecified atom stereocenters. The minimum atomic E-state index is 0.358. The number of hydrogen-bond donors (Lipinski definition) is 0. The Kier molecular flexibility index (Phi) is 6.01. The van der Waals surface area contributed by atoms with Gasteiger partial charge in [0, 0.05) is 6.54 Å². The quantitative estimate of drug-likeness (QED) is 0.334. The molecule has 0 saturated heterocycles. The van der Waals surface area contributed by atoms with E-state index in [1.54, 1.807) is 0 Å². The Balaban J connectivity index is 1.44. The summed E-state index contributed by atoms with van der Waals surface area (Å²) < 4.78 is 14.0. The van der Waals surface area contributed by atoms with Crippen LogP contribution in [0.15, 0.2) is 72.8 Å². The summed E-state index contributed by atoms with van der Waals surface area (Å²) in [4.78, 5) is 4.76. The van der Waals surface area contributed by atoms with Gasteiger partial charge in [0.25, 0.3) is 0 Å². The van der Waals surface area contributed by atoms with Crippen LogP contribution in [0.4, 0.5) is 0 Å². The number of aryl methyl sites for hydroxylation is 2. The lowest BCUT2D eigenvalue weighted by atomic mass is 10.2. The average molecular weight is 407 g/mol. The second-order valence-electron chi connectivity index (χ2n) is 6.90.